The number of thiazole rings is 1. The van der Waals surface area contributed by atoms with Gasteiger partial charge >= 0.3 is 0 Å². The number of thiophene rings is 1. The summed E-state index contributed by atoms with van der Waals surface area (Å²) < 4.78 is 6.61. The van der Waals surface area contributed by atoms with Gasteiger partial charge in [-0.05, 0) is 43.5 Å². The standard InChI is InChI=1S/C17H17N3OS3.ClH/c1-3-21-11-6-4-10(5-7-11)13-9-23-16(20-13)12-8-14(15(18)19)24-17(12)22-2;/h4-9H,3H2,1-2H3,(H3,18,19);1H. The van der Waals surface area contributed by atoms with E-state index in [1.807, 2.05) is 43.5 Å². The van der Waals surface area contributed by atoms with E-state index >= 15 is 0 Å². The number of rotatable bonds is 6. The van der Waals surface area contributed by atoms with Crippen LogP contribution in [-0.2, 0) is 0 Å². The van der Waals surface area contributed by atoms with Crippen LogP contribution in [0.4, 0.5) is 0 Å². The predicted octanol–water partition coefficient (Wildman–Crippen LogP) is 5.37. The predicted molar refractivity (Wildman–Crippen MR) is 112 cm³/mol. The van der Waals surface area contributed by atoms with Crippen LogP contribution in [0.5, 0.6) is 5.75 Å². The molecule has 0 spiro atoms. The summed E-state index contributed by atoms with van der Waals surface area (Å²) in [5.74, 6) is 0.968. The maximum absolute atomic E-state index is 7.63. The molecule has 3 rings (SSSR count). The molecular weight excluding hydrogens is 394 g/mol. The zero-order valence-corrected chi connectivity index (χ0v) is 17.0. The minimum Gasteiger partial charge on any atom is -0.494 e. The van der Waals surface area contributed by atoms with Gasteiger partial charge in [-0.3, -0.25) is 5.41 Å². The second kappa shape index (κ2) is 8.71. The highest BCUT2D eigenvalue weighted by molar-refractivity contribution is 8.00. The normalized spacial score (nSPS) is 10.3. The van der Waals surface area contributed by atoms with Crippen LogP contribution in [0, 0.1) is 5.41 Å². The van der Waals surface area contributed by atoms with Crippen LogP contribution in [0.2, 0.25) is 0 Å². The number of nitrogens with zero attached hydrogens (tertiary/aromatic N) is 1. The van der Waals surface area contributed by atoms with Gasteiger partial charge in [-0.25, -0.2) is 4.98 Å². The van der Waals surface area contributed by atoms with Crippen LogP contribution in [0.15, 0.2) is 39.9 Å². The Bertz CT molecular complexity index is 858. The summed E-state index contributed by atoms with van der Waals surface area (Å²) in [5, 5.41) is 10.6. The number of hydrogen-bond donors (Lipinski definition) is 2. The number of hydrogen-bond acceptors (Lipinski definition) is 6. The molecule has 0 aliphatic carbocycles. The van der Waals surface area contributed by atoms with E-state index in [0.29, 0.717) is 6.61 Å². The third-order valence-electron chi connectivity index (χ3n) is 3.34. The van der Waals surface area contributed by atoms with Crippen LogP contribution < -0.4 is 10.5 Å². The summed E-state index contributed by atoms with van der Waals surface area (Å²) >= 11 is 4.80. The highest BCUT2D eigenvalue weighted by Gasteiger charge is 2.15. The van der Waals surface area contributed by atoms with Gasteiger partial charge in [-0.15, -0.1) is 46.8 Å². The second-order valence-electron chi connectivity index (χ2n) is 4.92. The van der Waals surface area contributed by atoms with Crippen molar-refractivity contribution in [3.05, 3.63) is 40.6 Å². The number of benzene rings is 1. The molecule has 0 bridgehead atoms. The topological polar surface area (TPSA) is 72.0 Å². The van der Waals surface area contributed by atoms with Gasteiger partial charge in [0.1, 0.15) is 16.6 Å². The molecule has 0 saturated carbocycles. The number of halogens is 1. The Morgan fingerprint density at radius 2 is 2.04 bits per heavy atom. The van der Waals surface area contributed by atoms with Gasteiger partial charge in [0, 0.05) is 16.5 Å². The SMILES string of the molecule is CCOc1ccc(-c2csc(-c3cc(C(=N)N)sc3SC)n2)cc1.Cl. The van der Waals surface area contributed by atoms with Crippen LogP contribution in [0.3, 0.4) is 0 Å². The van der Waals surface area contributed by atoms with Gasteiger partial charge in [0.15, 0.2) is 0 Å². The first kappa shape index (κ1) is 19.8. The Hall–Kier alpha value is -1.54. The quantitative estimate of drug-likeness (QED) is 0.325. The number of ether oxygens (including phenoxy) is 1. The summed E-state index contributed by atoms with van der Waals surface area (Å²) in [7, 11) is 0. The summed E-state index contributed by atoms with van der Waals surface area (Å²) in [6.07, 6.45) is 2.03. The van der Waals surface area contributed by atoms with Crippen molar-refractivity contribution in [3.8, 4) is 27.6 Å². The van der Waals surface area contributed by atoms with Crippen molar-refractivity contribution in [2.45, 2.75) is 11.1 Å². The minimum absolute atomic E-state index is 0. The highest BCUT2D eigenvalue weighted by atomic mass is 35.5. The molecule has 0 aliphatic heterocycles. The molecule has 0 fully saturated rings. The van der Waals surface area contributed by atoms with E-state index in [1.54, 1.807) is 23.1 Å². The lowest BCUT2D eigenvalue weighted by molar-refractivity contribution is 0.340. The summed E-state index contributed by atoms with van der Waals surface area (Å²) in [6.45, 7) is 2.63. The number of amidine groups is 1. The van der Waals surface area contributed by atoms with E-state index in [2.05, 4.69) is 5.38 Å². The molecule has 0 aliphatic rings. The lowest BCUT2D eigenvalue weighted by Gasteiger charge is -2.03. The maximum Gasteiger partial charge on any atom is 0.133 e. The van der Waals surface area contributed by atoms with Crippen LogP contribution in [-0.4, -0.2) is 23.7 Å². The van der Waals surface area contributed by atoms with E-state index in [0.717, 1.165) is 36.7 Å². The third kappa shape index (κ3) is 4.36. The molecule has 4 nitrogen and oxygen atoms in total. The average Bonchev–Trinajstić information content (AvgIpc) is 3.22. The molecular formula is C17H18ClN3OS3. The van der Waals surface area contributed by atoms with E-state index in [-0.39, 0.29) is 18.2 Å². The Balaban J connectivity index is 0.00000225. The van der Waals surface area contributed by atoms with E-state index in [1.165, 1.54) is 11.3 Å². The molecule has 2 aromatic heterocycles. The van der Waals surface area contributed by atoms with Gasteiger partial charge < -0.3 is 10.5 Å². The fourth-order valence-electron chi connectivity index (χ4n) is 2.23. The molecule has 3 aromatic rings. The number of nitrogens with one attached hydrogen (secondary N) is 1. The monoisotopic (exact) mass is 411 g/mol. The number of aromatic nitrogens is 1. The first-order valence-corrected chi connectivity index (χ1v) is 10.3. The third-order valence-corrected chi connectivity index (χ3v) is 6.52. The molecule has 0 amide bonds. The van der Waals surface area contributed by atoms with Gasteiger partial charge in [0.25, 0.3) is 0 Å². The van der Waals surface area contributed by atoms with Crippen molar-refractivity contribution in [1.29, 1.82) is 5.41 Å². The number of nitrogens with two attached hydrogens (primary N) is 1. The van der Waals surface area contributed by atoms with Crippen molar-refractivity contribution in [1.82, 2.24) is 4.98 Å². The van der Waals surface area contributed by atoms with Crippen molar-refractivity contribution in [2.24, 2.45) is 5.73 Å². The minimum atomic E-state index is 0. The second-order valence-corrected chi connectivity index (χ2v) is 7.91. The number of thioether (sulfide) groups is 1. The van der Waals surface area contributed by atoms with E-state index in [4.69, 9.17) is 20.9 Å². The molecule has 8 heteroatoms. The molecule has 1 aromatic carbocycles. The van der Waals surface area contributed by atoms with Gasteiger partial charge in [0.05, 0.1) is 21.4 Å². The van der Waals surface area contributed by atoms with E-state index < -0.39 is 0 Å². The largest absolute Gasteiger partial charge is 0.494 e. The van der Waals surface area contributed by atoms with Gasteiger partial charge in [0.2, 0.25) is 0 Å². The van der Waals surface area contributed by atoms with Crippen molar-refractivity contribution in [2.75, 3.05) is 12.9 Å². The molecule has 132 valence electrons. The molecule has 0 atom stereocenters. The van der Waals surface area contributed by atoms with Crippen molar-refractivity contribution >= 4 is 52.7 Å². The molecule has 0 radical (unpaired) electrons. The summed E-state index contributed by atoms with van der Waals surface area (Å²) in [5.41, 5.74) is 8.68. The van der Waals surface area contributed by atoms with Gasteiger partial charge in [-0.1, -0.05) is 0 Å². The Labute approximate surface area is 165 Å². The van der Waals surface area contributed by atoms with Crippen LogP contribution in [0.25, 0.3) is 21.8 Å². The smallest absolute Gasteiger partial charge is 0.133 e. The van der Waals surface area contributed by atoms with Crippen molar-refractivity contribution < 1.29 is 4.74 Å². The summed E-state index contributed by atoms with van der Waals surface area (Å²) in [6, 6.07) is 9.93. The fraction of sp³-hybridized carbons (Fsp3) is 0.176. The summed E-state index contributed by atoms with van der Waals surface area (Å²) in [4.78, 5) is 5.55. The van der Waals surface area contributed by atoms with E-state index in [9.17, 15) is 0 Å². The lowest BCUT2D eigenvalue weighted by Crippen LogP contribution is -2.08. The molecule has 0 unspecified atom stereocenters. The first-order chi connectivity index (χ1) is 11.6. The molecule has 0 saturated heterocycles. The van der Waals surface area contributed by atoms with Crippen molar-refractivity contribution in [3.63, 3.8) is 0 Å². The average molecular weight is 412 g/mol. The lowest BCUT2D eigenvalue weighted by atomic mass is 10.2. The first-order valence-electron chi connectivity index (χ1n) is 7.33. The Kier molecular flexibility index (Phi) is 6.89. The van der Waals surface area contributed by atoms with Crippen LogP contribution in [0.1, 0.15) is 11.8 Å². The number of nitrogen functional groups attached to an aromatic ring is 1. The highest BCUT2D eigenvalue weighted by Crippen LogP contribution is 2.40. The molecule has 2 heterocycles. The zero-order valence-electron chi connectivity index (χ0n) is 13.7. The van der Waals surface area contributed by atoms with Gasteiger partial charge in [-0.2, -0.15) is 0 Å². The molecule has 3 N–H and O–H groups in total. The fourth-order valence-corrected chi connectivity index (χ4v) is 4.94. The van der Waals surface area contributed by atoms with Crippen LogP contribution >= 0.6 is 46.8 Å². The maximum atomic E-state index is 7.63. The Morgan fingerprint density at radius 3 is 2.64 bits per heavy atom. The zero-order chi connectivity index (χ0) is 17.1. The Morgan fingerprint density at radius 1 is 1.32 bits per heavy atom. The molecule has 25 heavy (non-hydrogen) atoms.